The molecule has 206 valence electrons. The van der Waals surface area contributed by atoms with E-state index in [1.165, 1.54) is 32.9 Å². The van der Waals surface area contributed by atoms with Crippen LogP contribution in [-0.2, 0) is 19.7 Å². The van der Waals surface area contributed by atoms with E-state index >= 15 is 0 Å². The Morgan fingerprint density at radius 1 is 1.26 bits per heavy atom. The van der Waals surface area contributed by atoms with Crippen LogP contribution >= 0.6 is 15.9 Å². The lowest BCUT2D eigenvalue weighted by Gasteiger charge is -2.20. The average Bonchev–Trinajstić information content (AvgIpc) is 3.39. The molecule has 0 saturated carbocycles. The van der Waals surface area contributed by atoms with Crippen LogP contribution in [0, 0.1) is 5.82 Å². The zero-order valence-electron chi connectivity index (χ0n) is 19.9. The minimum absolute atomic E-state index is 0.0639. The molecule has 0 aliphatic heterocycles. The topological polar surface area (TPSA) is 221 Å². The molecule has 0 bridgehead atoms. The fourth-order valence-electron chi connectivity index (χ4n) is 2.90. The lowest BCUT2D eigenvalue weighted by Crippen LogP contribution is -2.49. The first-order chi connectivity index (χ1) is 17.7. The number of aromatic nitrogens is 4. The van der Waals surface area contributed by atoms with Crippen molar-refractivity contribution in [3.63, 3.8) is 0 Å². The van der Waals surface area contributed by atoms with Gasteiger partial charge in [0.25, 0.3) is 0 Å². The molecule has 4 N–H and O–H groups in total. The molecule has 1 atom stereocenters. The van der Waals surface area contributed by atoms with Crippen molar-refractivity contribution in [2.45, 2.75) is 38.8 Å². The smallest absolute Gasteiger partial charge is 0.446 e. The first-order valence-corrected chi connectivity index (χ1v) is 12.8. The summed E-state index contributed by atoms with van der Waals surface area (Å²) in [6, 6.07) is 2.02. The van der Waals surface area contributed by atoms with Crippen LogP contribution in [0.5, 0.6) is 0 Å². The number of benzene rings is 1. The highest BCUT2D eigenvalue weighted by molar-refractivity contribution is 9.10. The Morgan fingerprint density at radius 2 is 1.97 bits per heavy atom. The number of nitrogens with one attached hydrogen (secondary N) is 3. The maximum atomic E-state index is 13.6. The molecule has 19 heteroatoms. The van der Waals surface area contributed by atoms with Gasteiger partial charge in [0, 0.05) is 6.54 Å². The highest BCUT2D eigenvalue weighted by Gasteiger charge is 2.28. The third-order valence-corrected chi connectivity index (χ3v) is 6.04. The van der Waals surface area contributed by atoms with Crippen molar-refractivity contribution in [2.24, 2.45) is 0 Å². The zero-order valence-corrected chi connectivity index (χ0v) is 22.3. The molecule has 3 aromatic rings. The second-order valence-corrected chi connectivity index (χ2v) is 10.8. The average molecular weight is 622 g/mol. The molecule has 0 saturated heterocycles. The number of carboxylic acids is 1. The van der Waals surface area contributed by atoms with E-state index in [0.717, 1.165) is 10.6 Å². The second-order valence-electron chi connectivity index (χ2n) is 8.50. The lowest BCUT2D eigenvalue weighted by molar-refractivity contribution is -0.139. The summed E-state index contributed by atoms with van der Waals surface area (Å²) in [6.07, 6.45) is -1.63. The van der Waals surface area contributed by atoms with Gasteiger partial charge in [0.1, 0.15) is 17.5 Å². The maximum absolute atomic E-state index is 13.6. The SMILES string of the molecule is CC(C)(C)OC(=O)NS(=O)(=O)NC(CCNc1nonc1-c1noc(=O)n1-c1ccc(F)c(Br)c1)C(=O)O. The minimum atomic E-state index is -4.59. The number of rotatable bonds is 10. The number of carbonyl (C=O) groups is 2. The van der Waals surface area contributed by atoms with Crippen molar-refractivity contribution in [3.05, 3.63) is 39.0 Å². The van der Waals surface area contributed by atoms with E-state index in [-0.39, 0.29) is 40.5 Å². The molecule has 1 aromatic carbocycles. The molecule has 0 aliphatic rings. The van der Waals surface area contributed by atoms with Crippen LogP contribution in [0.25, 0.3) is 17.2 Å². The Bertz CT molecular complexity index is 1500. The van der Waals surface area contributed by atoms with Gasteiger partial charge in [-0.05, 0) is 71.6 Å². The highest BCUT2D eigenvalue weighted by atomic mass is 79.9. The molecule has 1 amide bonds. The summed E-state index contributed by atoms with van der Waals surface area (Å²) in [7, 11) is -4.59. The Hall–Kier alpha value is -3.84. The first-order valence-electron chi connectivity index (χ1n) is 10.5. The quantitative estimate of drug-likeness (QED) is 0.251. The lowest BCUT2D eigenvalue weighted by atomic mass is 10.2. The van der Waals surface area contributed by atoms with Crippen LogP contribution in [0.3, 0.4) is 0 Å². The van der Waals surface area contributed by atoms with E-state index in [0.29, 0.717) is 0 Å². The molecule has 38 heavy (non-hydrogen) atoms. The molecule has 0 spiro atoms. The predicted molar refractivity (Wildman–Crippen MR) is 129 cm³/mol. The normalized spacial score (nSPS) is 12.7. The van der Waals surface area contributed by atoms with Crippen molar-refractivity contribution in [3.8, 4) is 17.2 Å². The van der Waals surface area contributed by atoms with E-state index in [1.54, 1.807) is 4.72 Å². The summed E-state index contributed by atoms with van der Waals surface area (Å²) in [5.74, 6) is -3.30. The van der Waals surface area contributed by atoms with Gasteiger partial charge in [-0.15, -0.1) is 0 Å². The molecule has 2 heterocycles. The van der Waals surface area contributed by atoms with Crippen LogP contribution < -0.4 is 20.5 Å². The summed E-state index contributed by atoms with van der Waals surface area (Å²) in [5.41, 5.74) is -0.928. The second kappa shape index (κ2) is 11.3. The summed E-state index contributed by atoms with van der Waals surface area (Å²) in [5, 5.41) is 23.1. The fourth-order valence-corrected chi connectivity index (χ4v) is 4.18. The molecular formula is C19H21BrFN7O9S. The van der Waals surface area contributed by atoms with Crippen molar-refractivity contribution >= 4 is 44.0 Å². The number of hydrogen-bond donors (Lipinski definition) is 4. The number of hydrogen-bond acceptors (Lipinski definition) is 12. The fraction of sp³-hybridized carbons (Fsp3) is 0.368. The minimum Gasteiger partial charge on any atom is -0.480 e. The molecule has 1 unspecified atom stereocenters. The van der Waals surface area contributed by atoms with E-state index in [4.69, 9.17) is 13.9 Å². The number of nitrogens with zero attached hydrogens (tertiary/aromatic N) is 4. The molecule has 0 fully saturated rings. The Kier molecular flexibility index (Phi) is 8.52. The van der Waals surface area contributed by atoms with Gasteiger partial charge in [0.15, 0.2) is 5.69 Å². The first kappa shape index (κ1) is 28.7. The van der Waals surface area contributed by atoms with Gasteiger partial charge in [-0.2, -0.15) is 13.1 Å². The summed E-state index contributed by atoms with van der Waals surface area (Å²) in [4.78, 5) is 35.6. The zero-order chi connectivity index (χ0) is 28.3. The number of carbonyl (C=O) groups excluding carboxylic acids is 1. The monoisotopic (exact) mass is 621 g/mol. The van der Waals surface area contributed by atoms with Crippen LogP contribution in [0.15, 0.2) is 36.6 Å². The van der Waals surface area contributed by atoms with Crippen LogP contribution in [-0.4, -0.2) is 63.8 Å². The van der Waals surface area contributed by atoms with Gasteiger partial charge < -0.3 is 15.2 Å². The van der Waals surface area contributed by atoms with E-state index < -0.39 is 45.5 Å². The highest BCUT2D eigenvalue weighted by Crippen LogP contribution is 2.26. The molecular weight excluding hydrogens is 601 g/mol. The van der Waals surface area contributed by atoms with Crippen LogP contribution in [0.4, 0.5) is 15.0 Å². The molecule has 16 nitrogen and oxygen atoms in total. The standard InChI is InChI=1S/C19H21BrFN7O9S/c1-19(2,3)35-17(31)27-38(33,34)26-12(16(29)30)6-7-22-14-13(23-37-24-14)15-25-36-18(32)28(15)9-4-5-11(21)10(20)8-9/h4-5,8,12,26H,6-7H2,1-3H3,(H,22,24)(H,27,31)(H,29,30). The Balaban J connectivity index is 1.72. The maximum Gasteiger partial charge on any atom is 0.446 e. The van der Waals surface area contributed by atoms with Gasteiger partial charge in [0.05, 0.1) is 10.2 Å². The summed E-state index contributed by atoms with van der Waals surface area (Å²) in [6.45, 7) is 4.35. The Labute approximate surface area is 221 Å². The van der Waals surface area contributed by atoms with Crippen molar-refractivity contribution in [1.82, 2.24) is 29.5 Å². The van der Waals surface area contributed by atoms with E-state index in [9.17, 15) is 32.3 Å². The Morgan fingerprint density at radius 3 is 2.61 bits per heavy atom. The molecule has 0 aliphatic carbocycles. The number of halogens is 2. The van der Waals surface area contributed by atoms with Crippen molar-refractivity contribution < 1.29 is 41.4 Å². The number of ether oxygens (including phenoxy) is 1. The van der Waals surface area contributed by atoms with Gasteiger partial charge in [-0.1, -0.05) is 5.16 Å². The van der Waals surface area contributed by atoms with E-state index in [1.807, 2.05) is 4.72 Å². The third-order valence-electron chi connectivity index (χ3n) is 4.40. The summed E-state index contributed by atoms with van der Waals surface area (Å²) >= 11 is 3.02. The van der Waals surface area contributed by atoms with Crippen molar-refractivity contribution in [1.29, 1.82) is 0 Å². The van der Waals surface area contributed by atoms with Crippen molar-refractivity contribution in [2.75, 3.05) is 11.9 Å². The molecule has 2 aromatic heterocycles. The number of anilines is 1. The molecule has 3 rings (SSSR count). The number of aliphatic carboxylic acids is 1. The van der Waals surface area contributed by atoms with Crippen LogP contribution in [0.1, 0.15) is 27.2 Å². The summed E-state index contributed by atoms with van der Waals surface area (Å²) < 4.78 is 56.6. The van der Waals surface area contributed by atoms with Crippen LogP contribution in [0.2, 0.25) is 0 Å². The molecule has 0 radical (unpaired) electrons. The predicted octanol–water partition coefficient (Wildman–Crippen LogP) is 1.39. The van der Waals surface area contributed by atoms with Gasteiger partial charge >= 0.3 is 28.0 Å². The number of amides is 1. The van der Waals surface area contributed by atoms with Gasteiger partial charge in [-0.3, -0.25) is 9.32 Å². The van der Waals surface area contributed by atoms with E-state index in [2.05, 4.69) is 36.7 Å². The largest absolute Gasteiger partial charge is 0.480 e. The van der Waals surface area contributed by atoms with Gasteiger partial charge in [-0.25, -0.2) is 27.9 Å². The number of carboxylic acid groups (broad SMARTS) is 1. The van der Waals surface area contributed by atoms with Gasteiger partial charge in [0.2, 0.25) is 11.6 Å². The third kappa shape index (κ3) is 7.35.